The first-order chi connectivity index (χ1) is 6.09. The van der Waals surface area contributed by atoms with Gasteiger partial charge in [0.25, 0.3) is 0 Å². The maximum Gasteiger partial charge on any atom is 0.165 e. The summed E-state index contributed by atoms with van der Waals surface area (Å²) in [6, 6.07) is 4.54. The molecule has 0 saturated carbocycles. The number of nitrogens with one attached hydrogen (secondary N) is 1. The number of nitrogens with two attached hydrogens (primary N) is 1. The zero-order valence-corrected chi connectivity index (χ0v) is 7.30. The normalized spacial score (nSPS) is 9.69. The largest absolute Gasteiger partial charge is 0.483 e. The van der Waals surface area contributed by atoms with Crippen LogP contribution in [0.3, 0.4) is 0 Å². The van der Waals surface area contributed by atoms with Crippen molar-refractivity contribution in [2.75, 3.05) is 6.61 Å². The second-order valence-electron chi connectivity index (χ2n) is 2.75. The summed E-state index contributed by atoms with van der Waals surface area (Å²) in [6.07, 6.45) is 0. The van der Waals surface area contributed by atoms with Gasteiger partial charge in [0, 0.05) is 0 Å². The molecule has 0 saturated heterocycles. The molecule has 0 spiro atoms. The number of aryl methyl sites for hydroxylation is 1. The fourth-order valence-corrected chi connectivity index (χ4v) is 0.877. The van der Waals surface area contributed by atoms with Gasteiger partial charge in [-0.3, -0.25) is 5.41 Å². The highest BCUT2D eigenvalue weighted by Gasteiger charge is 2.03. The minimum absolute atomic E-state index is 0.0830. The van der Waals surface area contributed by atoms with Crippen molar-refractivity contribution in [2.24, 2.45) is 5.73 Å². The third-order valence-electron chi connectivity index (χ3n) is 1.47. The molecule has 0 heterocycles. The van der Waals surface area contributed by atoms with Crippen LogP contribution in [-0.4, -0.2) is 12.4 Å². The average Bonchev–Trinajstić information content (AvgIpc) is 2.06. The SMILES string of the molecule is Cc1ccc(F)c(OCC(=N)N)c1. The standard InChI is InChI=1S/C9H11FN2O/c1-6-2-3-7(10)8(4-6)13-5-9(11)12/h2-4H,5H2,1H3,(H3,11,12). The topological polar surface area (TPSA) is 59.1 Å². The Kier molecular flexibility index (Phi) is 2.84. The number of ether oxygens (including phenoxy) is 1. The van der Waals surface area contributed by atoms with E-state index in [9.17, 15) is 4.39 Å². The number of rotatable bonds is 3. The zero-order chi connectivity index (χ0) is 9.84. The molecule has 70 valence electrons. The van der Waals surface area contributed by atoms with Crippen LogP contribution in [0.1, 0.15) is 5.56 Å². The lowest BCUT2D eigenvalue weighted by atomic mass is 10.2. The summed E-state index contributed by atoms with van der Waals surface area (Å²) in [5.41, 5.74) is 5.97. The highest BCUT2D eigenvalue weighted by atomic mass is 19.1. The van der Waals surface area contributed by atoms with Gasteiger partial charge in [-0.2, -0.15) is 0 Å². The third kappa shape index (κ3) is 2.74. The second-order valence-corrected chi connectivity index (χ2v) is 2.75. The first-order valence-electron chi connectivity index (χ1n) is 3.81. The van der Waals surface area contributed by atoms with Crippen LogP contribution in [0.15, 0.2) is 18.2 Å². The van der Waals surface area contributed by atoms with Gasteiger partial charge in [0.15, 0.2) is 11.6 Å². The molecule has 3 N–H and O–H groups in total. The summed E-state index contributed by atoms with van der Waals surface area (Å²) in [7, 11) is 0. The molecule has 0 unspecified atom stereocenters. The van der Waals surface area contributed by atoms with Crippen LogP contribution in [0, 0.1) is 18.2 Å². The summed E-state index contributed by atoms with van der Waals surface area (Å²) >= 11 is 0. The van der Waals surface area contributed by atoms with Crippen molar-refractivity contribution in [1.82, 2.24) is 0 Å². The highest BCUT2D eigenvalue weighted by Crippen LogP contribution is 2.17. The molecule has 0 aromatic heterocycles. The highest BCUT2D eigenvalue weighted by molar-refractivity contribution is 5.78. The van der Waals surface area contributed by atoms with Gasteiger partial charge in [0.1, 0.15) is 12.4 Å². The number of amidine groups is 1. The van der Waals surface area contributed by atoms with Gasteiger partial charge in [0.05, 0.1) is 0 Å². The van der Waals surface area contributed by atoms with Crippen molar-refractivity contribution in [1.29, 1.82) is 5.41 Å². The van der Waals surface area contributed by atoms with Crippen LogP contribution in [0.5, 0.6) is 5.75 Å². The molecule has 0 aliphatic heterocycles. The Morgan fingerprint density at radius 1 is 1.62 bits per heavy atom. The first kappa shape index (κ1) is 9.51. The molecule has 1 rings (SSSR count). The van der Waals surface area contributed by atoms with Crippen molar-refractivity contribution in [3.8, 4) is 5.75 Å². The molecule has 0 fully saturated rings. The van der Waals surface area contributed by atoms with Crippen LogP contribution in [0.2, 0.25) is 0 Å². The maximum absolute atomic E-state index is 13.0. The van der Waals surface area contributed by atoms with Crippen molar-refractivity contribution >= 4 is 5.84 Å². The summed E-state index contributed by atoms with van der Waals surface area (Å²) in [4.78, 5) is 0. The molecule has 0 aliphatic rings. The molecule has 0 amide bonds. The van der Waals surface area contributed by atoms with Crippen LogP contribution >= 0.6 is 0 Å². The van der Waals surface area contributed by atoms with Crippen molar-refractivity contribution in [2.45, 2.75) is 6.92 Å². The van der Waals surface area contributed by atoms with E-state index >= 15 is 0 Å². The predicted molar refractivity (Wildman–Crippen MR) is 48.5 cm³/mol. The molecule has 0 aliphatic carbocycles. The Bertz CT molecular complexity index is 325. The van der Waals surface area contributed by atoms with Gasteiger partial charge >= 0.3 is 0 Å². The van der Waals surface area contributed by atoms with Crippen LogP contribution in [0.4, 0.5) is 4.39 Å². The fraction of sp³-hybridized carbons (Fsp3) is 0.222. The summed E-state index contributed by atoms with van der Waals surface area (Å²) < 4.78 is 17.9. The van der Waals surface area contributed by atoms with E-state index in [0.29, 0.717) is 0 Å². The van der Waals surface area contributed by atoms with Gasteiger partial charge in [-0.05, 0) is 24.6 Å². The quantitative estimate of drug-likeness (QED) is 0.549. The Morgan fingerprint density at radius 3 is 2.92 bits per heavy atom. The van der Waals surface area contributed by atoms with E-state index < -0.39 is 5.82 Å². The fourth-order valence-electron chi connectivity index (χ4n) is 0.877. The lowest BCUT2D eigenvalue weighted by Gasteiger charge is -2.06. The molecule has 1 aromatic rings. The van der Waals surface area contributed by atoms with E-state index in [2.05, 4.69) is 0 Å². The van der Waals surface area contributed by atoms with Crippen molar-refractivity contribution < 1.29 is 9.13 Å². The number of hydrogen-bond acceptors (Lipinski definition) is 2. The second kappa shape index (κ2) is 3.89. The third-order valence-corrected chi connectivity index (χ3v) is 1.47. The Hall–Kier alpha value is -1.58. The van der Waals surface area contributed by atoms with E-state index in [1.807, 2.05) is 6.92 Å². The van der Waals surface area contributed by atoms with Crippen molar-refractivity contribution in [3.05, 3.63) is 29.6 Å². The summed E-state index contributed by atoms with van der Waals surface area (Å²) in [5.74, 6) is -0.428. The molecular weight excluding hydrogens is 171 g/mol. The molecule has 0 bridgehead atoms. The minimum atomic E-state index is -0.438. The average molecular weight is 182 g/mol. The molecule has 4 heteroatoms. The van der Waals surface area contributed by atoms with Gasteiger partial charge in [-0.25, -0.2) is 4.39 Å². The Balaban J connectivity index is 2.75. The van der Waals surface area contributed by atoms with Gasteiger partial charge in [-0.15, -0.1) is 0 Å². The number of hydrogen-bond donors (Lipinski definition) is 2. The van der Waals surface area contributed by atoms with Gasteiger partial charge < -0.3 is 10.5 Å². The molecule has 13 heavy (non-hydrogen) atoms. The molecular formula is C9H11FN2O. The molecule has 0 atom stereocenters. The lowest BCUT2D eigenvalue weighted by molar-refractivity contribution is 0.351. The molecule has 3 nitrogen and oxygen atoms in total. The molecule has 0 radical (unpaired) electrons. The number of benzene rings is 1. The van der Waals surface area contributed by atoms with E-state index in [1.165, 1.54) is 6.07 Å². The smallest absolute Gasteiger partial charge is 0.165 e. The van der Waals surface area contributed by atoms with E-state index in [4.69, 9.17) is 15.9 Å². The lowest BCUT2D eigenvalue weighted by Crippen LogP contribution is -2.19. The number of halogens is 1. The zero-order valence-electron chi connectivity index (χ0n) is 7.30. The molecule has 1 aromatic carbocycles. The van der Waals surface area contributed by atoms with Crippen LogP contribution < -0.4 is 10.5 Å². The van der Waals surface area contributed by atoms with Gasteiger partial charge in [-0.1, -0.05) is 6.07 Å². The van der Waals surface area contributed by atoms with E-state index in [-0.39, 0.29) is 18.2 Å². The van der Waals surface area contributed by atoms with Gasteiger partial charge in [0.2, 0.25) is 0 Å². The predicted octanol–water partition coefficient (Wildman–Crippen LogP) is 1.45. The maximum atomic E-state index is 13.0. The summed E-state index contributed by atoms with van der Waals surface area (Å²) in [5, 5.41) is 6.90. The van der Waals surface area contributed by atoms with Crippen LogP contribution in [0.25, 0.3) is 0 Å². The van der Waals surface area contributed by atoms with E-state index in [1.54, 1.807) is 12.1 Å². The Morgan fingerprint density at radius 2 is 2.31 bits per heavy atom. The Labute approximate surface area is 75.8 Å². The first-order valence-corrected chi connectivity index (χ1v) is 3.81. The summed E-state index contributed by atoms with van der Waals surface area (Å²) in [6.45, 7) is 1.75. The van der Waals surface area contributed by atoms with E-state index in [0.717, 1.165) is 5.56 Å². The minimum Gasteiger partial charge on any atom is -0.483 e. The van der Waals surface area contributed by atoms with Crippen molar-refractivity contribution in [3.63, 3.8) is 0 Å². The monoisotopic (exact) mass is 182 g/mol. The van der Waals surface area contributed by atoms with Crippen LogP contribution in [-0.2, 0) is 0 Å².